The summed E-state index contributed by atoms with van der Waals surface area (Å²) in [5.74, 6) is 0.793. The molecule has 5 nitrogen and oxygen atoms in total. The molecule has 1 saturated heterocycles. The standard InChI is InChI=1S/C18H29N3O2/c1-14-7-4-5-9-17(14)15(2)21-18(19-3)20-10-12-22-13-16-8-6-11-23-16/h4-5,7,9,15-16H,6,8,10-13H2,1-3H3,(H2,19,20,21). The largest absolute Gasteiger partial charge is 0.377 e. The van der Waals surface area contributed by atoms with Gasteiger partial charge in [-0.1, -0.05) is 24.3 Å². The Bertz CT molecular complexity index is 499. The number of nitrogens with one attached hydrogen (secondary N) is 2. The van der Waals surface area contributed by atoms with Crippen molar-refractivity contribution in [2.24, 2.45) is 4.99 Å². The molecule has 1 fully saturated rings. The molecule has 0 bridgehead atoms. The summed E-state index contributed by atoms with van der Waals surface area (Å²) >= 11 is 0. The van der Waals surface area contributed by atoms with Gasteiger partial charge in [-0.05, 0) is 37.8 Å². The lowest BCUT2D eigenvalue weighted by Crippen LogP contribution is -2.40. The predicted molar refractivity (Wildman–Crippen MR) is 93.9 cm³/mol. The Kier molecular flexibility index (Phi) is 7.36. The lowest BCUT2D eigenvalue weighted by molar-refractivity contribution is 0.0191. The molecule has 0 saturated carbocycles. The van der Waals surface area contributed by atoms with Gasteiger partial charge in [-0.15, -0.1) is 0 Å². The highest BCUT2D eigenvalue weighted by Gasteiger charge is 2.15. The highest BCUT2D eigenvalue weighted by Crippen LogP contribution is 2.16. The van der Waals surface area contributed by atoms with E-state index in [1.54, 1.807) is 7.05 Å². The van der Waals surface area contributed by atoms with Crippen LogP contribution in [0, 0.1) is 6.92 Å². The summed E-state index contributed by atoms with van der Waals surface area (Å²) < 4.78 is 11.2. The van der Waals surface area contributed by atoms with E-state index >= 15 is 0 Å². The molecule has 0 aliphatic carbocycles. The first-order valence-corrected chi connectivity index (χ1v) is 8.42. The third-order valence-electron chi connectivity index (χ3n) is 4.10. The number of rotatable bonds is 7. The van der Waals surface area contributed by atoms with Crippen molar-refractivity contribution in [1.82, 2.24) is 10.6 Å². The molecule has 0 radical (unpaired) electrons. The molecule has 2 atom stereocenters. The Balaban J connectivity index is 1.67. The summed E-state index contributed by atoms with van der Waals surface area (Å²) in [6, 6.07) is 8.60. The molecule has 1 heterocycles. The van der Waals surface area contributed by atoms with Gasteiger partial charge in [0.2, 0.25) is 0 Å². The topological polar surface area (TPSA) is 54.9 Å². The van der Waals surface area contributed by atoms with Crippen molar-refractivity contribution in [3.63, 3.8) is 0 Å². The number of guanidine groups is 1. The van der Waals surface area contributed by atoms with Crippen LogP contribution in [0.5, 0.6) is 0 Å². The van der Waals surface area contributed by atoms with Gasteiger partial charge in [0.1, 0.15) is 0 Å². The molecule has 2 unspecified atom stereocenters. The number of hydrogen-bond donors (Lipinski definition) is 2. The Labute approximate surface area is 139 Å². The van der Waals surface area contributed by atoms with E-state index in [1.807, 2.05) is 0 Å². The van der Waals surface area contributed by atoms with Crippen LogP contribution in [0.4, 0.5) is 0 Å². The average Bonchev–Trinajstić information content (AvgIpc) is 3.07. The predicted octanol–water partition coefficient (Wildman–Crippen LogP) is 2.42. The van der Waals surface area contributed by atoms with Gasteiger partial charge in [0.25, 0.3) is 0 Å². The summed E-state index contributed by atoms with van der Waals surface area (Å²) in [6.45, 7) is 7.21. The number of ether oxygens (including phenoxy) is 2. The first kappa shape index (κ1) is 17.8. The maximum Gasteiger partial charge on any atom is 0.191 e. The molecule has 2 rings (SSSR count). The quantitative estimate of drug-likeness (QED) is 0.460. The van der Waals surface area contributed by atoms with E-state index in [0.717, 1.165) is 32.0 Å². The SMILES string of the molecule is CN=C(NCCOCC1CCCO1)NC(C)c1ccccc1C. The number of hydrogen-bond acceptors (Lipinski definition) is 3. The number of aliphatic imine (C=N–C) groups is 1. The van der Waals surface area contributed by atoms with Crippen molar-refractivity contribution >= 4 is 5.96 Å². The number of aryl methyl sites for hydroxylation is 1. The van der Waals surface area contributed by atoms with Gasteiger partial charge in [-0.3, -0.25) is 4.99 Å². The van der Waals surface area contributed by atoms with Crippen LogP contribution in [0.2, 0.25) is 0 Å². The van der Waals surface area contributed by atoms with E-state index in [2.05, 4.69) is 53.7 Å². The van der Waals surface area contributed by atoms with Crippen LogP contribution in [-0.4, -0.2) is 45.5 Å². The third-order valence-corrected chi connectivity index (χ3v) is 4.10. The Morgan fingerprint density at radius 2 is 2.26 bits per heavy atom. The molecule has 1 aliphatic heterocycles. The van der Waals surface area contributed by atoms with Gasteiger partial charge in [0, 0.05) is 20.2 Å². The van der Waals surface area contributed by atoms with E-state index in [0.29, 0.717) is 13.2 Å². The van der Waals surface area contributed by atoms with E-state index in [9.17, 15) is 0 Å². The Hall–Kier alpha value is -1.59. The average molecular weight is 319 g/mol. The highest BCUT2D eigenvalue weighted by molar-refractivity contribution is 5.80. The molecular weight excluding hydrogens is 290 g/mol. The first-order valence-electron chi connectivity index (χ1n) is 8.42. The van der Waals surface area contributed by atoms with Crippen molar-refractivity contribution < 1.29 is 9.47 Å². The molecule has 128 valence electrons. The highest BCUT2D eigenvalue weighted by atomic mass is 16.5. The summed E-state index contributed by atoms with van der Waals surface area (Å²) in [5, 5.41) is 6.70. The maximum absolute atomic E-state index is 5.65. The van der Waals surface area contributed by atoms with Gasteiger partial charge in [0.15, 0.2) is 5.96 Å². The smallest absolute Gasteiger partial charge is 0.191 e. The van der Waals surface area contributed by atoms with Crippen LogP contribution >= 0.6 is 0 Å². The van der Waals surface area contributed by atoms with Gasteiger partial charge >= 0.3 is 0 Å². The number of nitrogens with zero attached hydrogens (tertiary/aromatic N) is 1. The zero-order chi connectivity index (χ0) is 16.5. The molecule has 5 heteroatoms. The van der Waals surface area contributed by atoms with Crippen molar-refractivity contribution in [3.05, 3.63) is 35.4 Å². The molecule has 0 amide bonds. The Morgan fingerprint density at radius 3 is 2.96 bits per heavy atom. The molecule has 0 spiro atoms. The third kappa shape index (κ3) is 5.84. The van der Waals surface area contributed by atoms with Gasteiger partial charge < -0.3 is 20.1 Å². The fourth-order valence-electron chi connectivity index (χ4n) is 2.78. The van der Waals surface area contributed by atoms with Crippen LogP contribution in [0.25, 0.3) is 0 Å². The minimum atomic E-state index is 0.204. The minimum absolute atomic E-state index is 0.204. The zero-order valence-corrected chi connectivity index (χ0v) is 14.5. The second-order valence-electron chi connectivity index (χ2n) is 5.93. The molecule has 23 heavy (non-hydrogen) atoms. The molecule has 1 aliphatic rings. The van der Waals surface area contributed by atoms with Crippen molar-refractivity contribution in [3.8, 4) is 0 Å². The fourth-order valence-corrected chi connectivity index (χ4v) is 2.78. The minimum Gasteiger partial charge on any atom is -0.377 e. The molecule has 2 N–H and O–H groups in total. The van der Waals surface area contributed by atoms with E-state index in [4.69, 9.17) is 9.47 Å². The van der Waals surface area contributed by atoms with Gasteiger partial charge in [-0.2, -0.15) is 0 Å². The molecule has 0 aromatic heterocycles. The van der Waals surface area contributed by atoms with Crippen LogP contribution in [0.15, 0.2) is 29.3 Å². The number of benzene rings is 1. The van der Waals surface area contributed by atoms with E-state index in [-0.39, 0.29) is 12.1 Å². The van der Waals surface area contributed by atoms with Crippen molar-refractivity contribution in [2.75, 3.05) is 33.4 Å². The van der Waals surface area contributed by atoms with E-state index < -0.39 is 0 Å². The fraction of sp³-hybridized carbons (Fsp3) is 0.611. The second kappa shape index (κ2) is 9.53. The maximum atomic E-state index is 5.65. The monoisotopic (exact) mass is 319 g/mol. The zero-order valence-electron chi connectivity index (χ0n) is 14.5. The second-order valence-corrected chi connectivity index (χ2v) is 5.93. The van der Waals surface area contributed by atoms with E-state index in [1.165, 1.54) is 11.1 Å². The summed E-state index contributed by atoms with van der Waals surface area (Å²) in [4.78, 5) is 4.27. The Morgan fingerprint density at radius 1 is 1.43 bits per heavy atom. The van der Waals surface area contributed by atoms with Crippen molar-refractivity contribution in [1.29, 1.82) is 0 Å². The molecule has 1 aromatic carbocycles. The summed E-state index contributed by atoms with van der Waals surface area (Å²) in [6.07, 6.45) is 2.55. The van der Waals surface area contributed by atoms with Crippen molar-refractivity contribution in [2.45, 2.75) is 38.8 Å². The first-order chi connectivity index (χ1) is 11.2. The molecule has 1 aromatic rings. The van der Waals surface area contributed by atoms with Crippen LogP contribution in [0.1, 0.15) is 36.9 Å². The lowest BCUT2D eigenvalue weighted by Gasteiger charge is -2.20. The summed E-state index contributed by atoms with van der Waals surface area (Å²) in [5.41, 5.74) is 2.56. The molecular formula is C18H29N3O2. The van der Waals surface area contributed by atoms with Crippen LogP contribution in [-0.2, 0) is 9.47 Å². The summed E-state index contributed by atoms with van der Waals surface area (Å²) in [7, 11) is 1.78. The lowest BCUT2D eigenvalue weighted by atomic mass is 10.0. The van der Waals surface area contributed by atoms with Gasteiger partial charge in [-0.25, -0.2) is 0 Å². The van der Waals surface area contributed by atoms with Gasteiger partial charge in [0.05, 0.1) is 25.4 Å². The van der Waals surface area contributed by atoms with Crippen LogP contribution < -0.4 is 10.6 Å². The van der Waals surface area contributed by atoms with Crippen LogP contribution in [0.3, 0.4) is 0 Å². The normalized spacial score (nSPS) is 19.6.